The lowest BCUT2D eigenvalue weighted by molar-refractivity contribution is -0.111. The van der Waals surface area contributed by atoms with Gasteiger partial charge in [-0.1, -0.05) is 18.7 Å². The molecular formula is C34H35F2N7O3. The third-order valence-corrected chi connectivity index (χ3v) is 8.11. The Morgan fingerprint density at radius 1 is 1.00 bits per heavy atom. The molecule has 0 saturated carbocycles. The van der Waals surface area contributed by atoms with Crippen LogP contribution < -0.4 is 25.3 Å². The van der Waals surface area contributed by atoms with Crippen molar-refractivity contribution in [2.45, 2.75) is 12.5 Å². The van der Waals surface area contributed by atoms with Crippen LogP contribution in [0.4, 0.5) is 37.5 Å². The maximum atomic E-state index is 14.8. The number of likely N-dealkylation sites (N-methyl/N-ethyl adjacent to an activating group) is 1. The largest absolute Gasteiger partial charge is 0.494 e. The van der Waals surface area contributed by atoms with Crippen molar-refractivity contribution in [2.24, 2.45) is 0 Å². The fraction of sp³-hybridized carbons (Fsp3) is 0.265. The number of hydrogen-bond donors (Lipinski definition) is 2. The molecule has 0 spiro atoms. The van der Waals surface area contributed by atoms with Gasteiger partial charge in [-0.3, -0.25) is 9.63 Å². The summed E-state index contributed by atoms with van der Waals surface area (Å²) in [6.45, 7) is 7.37. The predicted octanol–water partition coefficient (Wildman–Crippen LogP) is 5.93. The topological polar surface area (TPSA) is 95.1 Å². The molecule has 1 aromatic heterocycles. The van der Waals surface area contributed by atoms with Gasteiger partial charge in [-0.2, -0.15) is 0 Å². The average molecular weight is 628 g/mol. The molecule has 1 amide bonds. The van der Waals surface area contributed by atoms with Crippen LogP contribution in [0, 0.1) is 11.6 Å². The SMILES string of the molecule is C=CC(=O)Nc1cc(Nc2cc(N3OCC[C@@H]3c3cc(F)cc(-c4cccc(F)c4)c3)ncn2)c(OC)cc1N1CCN(C)CC1. The first-order chi connectivity index (χ1) is 22.3. The number of piperazine rings is 1. The van der Waals surface area contributed by atoms with E-state index in [0.717, 1.165) is 31.9 Å². The van der Waals surface area contributed by atoms with E-state index in [9.17, 15) is 13.6 Å². The summed E-state index contributed by atoms with van der Waals surface area (Å²) < 4.78 is 34.5. The minimum atomic E-state index is -0.430. The number of halogens is 2. The van der Waals surface area contributed by atoms with E-state index in [1.165, 1.54) is 36.7 Å². The van der Waals surface area contributed by atoms with Gasteiger partial charge in [0.1, 0.15) is 29.5 Å². The smallest absolute Gasteiger partial charge is 0.247 e. The number of aromatic nitrogens is 2. The van der Waals surface area contributed by atoms with Crippen molar-refractivity contribution in [3.8, 4) is 16.9 Å². The zero-order chi connectivity index (χ0) is 32.2. The Morgan fingerprint density at radius 2 is 1.80 bits per heavy atom. The number of hydroxylamine groups is 1. The van der Waals surface area contributed by atoms with Crippen molar-refractivity contribution >= 4 is 34.6 Å². The van der Waals surface area contributed by atoms with Crippen LogP contribution >= 0.6 is 0 Å². The van der Waals surface area contributed by atoms with Gasteiger partial charge in [0.25, 0.3) is 0 Å². The normalized spacial score (nSPS) is 16.7. The number of ether oxygens (including phenoxy) is 1. The molecule has 2 saturated heterocycles. The van der Waals surface area contributed by atoms with Crippen molar-refractivity contribution in [3.63, 3.8) is 0 Å². The summed E-state index contributed by atoms with van der Waals surface area (Å²) in [5.74, 6) is 0.322. The van der Waals surface area contributed by atoms with Gasteiger partial charge in [0.05, 0.1) is 36.8 Å². The molecule has 0 radical (unpaired) electrons. The van der Waals surface area contributed by atoms with Gasteiger partial charge in [-0.05, 0) is 66.2 Å². The first-order valence-electron chi connectivity index (χ1n) is 15.0. The summed E-state index contributed by atoms with van der Waals surface area (Å²) in [6, 6.07) is 15.9. The van der Waals surface area contributed by atoms with Crippen molar-refractivity contribution in [3.05, 3.63) is 96.8 Å². The first-order valence-corrected chi connectivity index (χ1v) is 15.0. The second-order valence-corrected chi connectivity index (χ2v) is 11.2. The van der Waals surface area contributed by atoms with E-state index in [4.69, 9.17) is 9.57 Å². The first kappa shape index (κ1) is 30.9. The van der Waals surface area contributed by atoms with E-state index >= 15 is 0 Å². The number of anilines is 5. The Balaban J connectivity index is 1.29. The number of nitrogens with one attached hydrogen (secondary N) is 2. The predicted molar refractivity (Wildman–Crippen MR) is 174 cm³/mol. The Labute approximate surface area is 266 Å². The van der Waals surface area contributed by atoms with E-state index in [1.807, 2.05) is 18.2 Å². The van der Waals surface area contributed by atoms with Crippen LogP contribution in [0.3, 0.4) is 0 Å². The summed E-state index contributed by atoms with van der Waals surface area (Å²) in [7, 11) is 3.67. The van der Waals surface area contributed by atoms with Crippen LogP contribution in [0.5, 0.6) is 5.75 Å². The van der Waals surface area contributed by atoms with Crippen LogP contribution in [-0.4, -0.2) is 67.7 Å². The fourth-order valence-electron chi connectivity index (χ4n) is 5.74. The molecule has 2 fully saturated rings. The van der Waals surface area contributed by atoms with E-state index in [0.29, 0.717) is 58.5 Å². The van der Waals surface area contributed by atoms with Gasteiger partial charge in [0.15, 0.2) is 5.82 Å². The van der Waals surface area contributed by atoms with Gasteiger partial charge < -0.3 is 25.2 Å². The monoisotopic (exact) mass is 627 g/mol. The third-order valence-electron chi connectivity index (χ3n) is 8.11. The molecular weight excluding hydrogens is 592 g/mol. The average Bonchev–Trinajstić information content (AvgIpc) is 3.56. The second-order valence-electron chi connectivity index (χ2n) is 11.2. The Bertz CT molecular complexity index is 1750. The summed E-state index contributed by atoms with van der Waals surface area (Å²) in [4.78, 5) is 31.7. The molecule has 0 unspecified atom stereocenters. The summed E-state index contributed by atoms with van der Waals surface area (Å²) in [6.07, 6.45) is 3.23. The number of carbonyl (C=O) groups excluding carboxylic acids is 1. The molecule has 46 heavy (non-hydrogen) atoms. The molecule has 2 aliphatic heterocycles. The summed E-state index contributed by atoms with van der Waals surface area (Å²) in [5, 5.41) is 7.87. The van der Waals surface area contributed by atoms with Crippen molar-refractivity contribution in [2.75, 3.05) is 67.5 Å². The minimum absolute atomic E-state index is 0.328. The van der Waals surface area contributed by atoms with Gasteiger partial charge in [-0.25, -0.2) is 23.8 Å². The van der Waals surface area contributed by atoms with Gasteiger partial charge in [0.2, 0.25) is 5.91 Å². The standard InChI is InChI=1S/C34H35F2N7O3/c1-4-34(44)40-27-18-28(31(45-3)19-30(27)42-11-9-41(2)10-12-42)39-32-20-33(38-21-37-32)43-29(8-13-46-43)24-14-23(16-26(36)17-24)22-6-5-7-25(35)15-22/h4-7,14-21,29H,1,8-13H2,2-3H3,(H,40,44)(H,37,38,39)/t29-/m1/s1. The van der Waals surface area contributed by atoms with Crippen LogP contribution in [0.1, 0.15) is 18.0 Å². The van der Waals surface area contributed by atoms with Crippen molar-refractivity contribution in [1.29, 1.82) is 0 Å². The Hall–Kier alpha value is -5.07. The maximum absolute atomic E-state index is 14.8. The van der Waals surface area contributed by atoms with Crippen LogP contribution in [0.25, 0.3) is 11.1 Å². The van der Waals surface area contributed by atoms with E-state index in [1.54, 1.807) is 30.4 Å². The van der Waals surface area contributed by atoms with Crippen LogP contribution in [0.15, 0.2) is 79.6 Å². The molecule has 0 bridgehead atoms. The van der Waals surface area contributed by atoms with Crippen LogP contribution in [-0.2, 0) is 9.63 Å². The highest BCUT2D eigenvalue weighted by atomic mass is 19.1. The van der Waals surface area contributed by atoms with Crippen molar-refractivity contribution in [1.82, 2.24) is 14.9 Å². The molecule has 2 N–H and O–H groups in total. The van der Waals surface area contributed by atoms with Crippen LogP contribution in [0.2, 0.25) is 0 Å². The number of hydrogen-bond acceptors (Lipinski definition) is 9. The number of rotatable bonds is 9. The summed E-state index contributed by atoms with van der Waals surface area (Å²) >= 11 is 0. The quantitative estimate of drug-likeness (QED) is 0.219. The summed E-state index contributed by atoms with van der Waals surface area (Å²) in [5.41, 5.74) is 3.85. The molecule has 4 aromatic rings. The minimum Gasteiger partial charge on any atom is -0.494 e. The van der Waals surface area contributed by atoms with E-state index in [-0.39, 0.29) is 11.9 Å². The lowest BCUT2D eigenvalue weighted by atomic mass is 9.97. The molecule has 0 aliphatic carbocycles. The number of methoxy groups -OCH3 is 1. The number of benzene rings is 3. The molecule has 3 heterocycles. The lowest BCUT2D eigenvalue weighted by Gasteiger charge is -2.35. The highest BCUT2D eigenvalue weighted by Gasteiger charge is 2.30. The number of nitrogens with zero attached hydrogens (tertiary/aromatic N) is 5. The zero-order valence-corrected chi connectivity index (χ0v) is 25.7. The number of carbonyl (C=O) groups is 1. The fourth-order valence-corrected chi connectivity index (χ4v) is 5.74. The third kappa shape index (κ3) is 6.77. The molecule has 6 rings (SSSR count). The highest BCUT2D eigenvalue weighted by Crippen LogP contribution is 2.40. The highest BCUT2D eigenvalue weighted by molar-refractivity contribution is 6.02. The number of amides is 1. The van der Waals surface area contributed by atoms with Crippen molar-refractivity contribution < 1.29 is 23.1 Å². The Kier molecular flexibility index (Phi) is 9.08. The molecule has 12 heteroatoms. The van der Waals surface area contributed by atoms with Gasteiger partial charge in [-0.15, -0.1) is 0 Å². The van der Waals surface area contributed by atoms with Gasteiger partial charge >= 0.3 is 0 Å². The molecule has 1 atom stereocenters. The van der Waals surface area contributed by atoms with E-state index in [2.05, 4.69) is 44.0 Å². The Morgan fingerprint density at radius 3 is 2.57 bits per heavy atom. The molecule has 3 aromatic carbocycles. The zero-order valence-electron chi connectivity index (χ0n) is 25.7. The molecule has 10 nitrogen and oxygen atoms in total. The van der Waals surface area contributed by atoms with E-state index < -0.39 is 11.6 Å². The maximum Gasteiger partial charge on any atom is 0.247 e. The second kappa shape index (κ2) is 13.5. The van der Waals surface area contributed by atoms with Gasteiger partial charge in [0, 0.05) is 44.7 Å². The lowest BCUT2D eigenvalue weighted by Crippen LogP contribution is -2.44. The molecule has 238 valence electrons. The molecule has 2 aliphatic rings.